The number of rotatable bonds is 2. The first-order chi connectivity index (χ1) is 5.84. The van der Waals surface area contributed by atoms with Gasteiger partial charge >= 0.3 is 0 Å². The summed E-state index contributed by atoms with van der Waals surface area (Å²) in [5.41, 5.74) is 1.19. The van der Waals surface area contributed by atoms with Gasteiger partial charge in [-0.1, -0.05) is 37.3 Å². The van der Waals surface area contributed by atoms with Crippen molar-refractivity contribution in [3.63, 3.8) is 0 Å². The average Bonchev–Trinajstić information content (AvgIpc) is 2.78. The number of benzene rings is 1. The first-order valence-electron chi connectivity index (χ1n) is 4.43. The maximum absolute atomic E-state index is 11.2. The fourth-order valence-corrected chi connectivity index (χ4v) is 1.79. The Morgan fingerprint density at radius 2 is 1.92 bits per heavy atom. The summed E-state index contributed by atoms with van der Waals surface area (Å²) in [4.78, 5) is 11.2. The first kappa shape index (κ1) is 7.53. The molecule has 0 spiro atoms. The molecular weight excluding hydrogens is 148 g/mol. The van der Waals surface area contributed by atoms with E-state index in [9.17, 15) is 4.79 Å². The summed E-state index contributed by atoms with van der Waals surface area (Å²) in [7, 11) is 0. The predicted octanol–water partition coefficient (Wildman–Crippen LogP) is 2.38. The van der Waals surface area contributed by atoms with Crippen molar-refractivity contribution in [3.05, 3.63) is 35.9 Å². The highest BCUT2D eigenvalue weighted by Gasteiger charge is 2.48. The topological polar surface area (TPSA) is 17.1 Å². The Labute approximate surface area is 72.4 Å². The highest BCUT2D eigenvalue weighted by Crippen LogP contribution is 2.44. The highest BCUT2D eigenvalue weighted by molar-refractivity contribution is 6.04. The van der Waals surface area contributed by atoms with Crippen molar-refractivity contribution in [2.75, 3.05) is 0 Å². The molecule has 1 nitrogen and oxygen atoms in total. The van der Waals surface area contributed by atoms with Gasteiger partial charge in [-0.3, -0.25) is 4.79 Å². The van der Waals surface area contributed by atoms with Gasteiger partial charge in [0.1, 0.15) is 5.78 Å². The van der Waals surface area contributed by atoms with Gasteiger partial charge in [-0.25, -0.2) is 0 Å². The van der Waals surface area contributed by atoms with Gasteiger partial charge in [0.2, 0.25) is 0 Å². The molecule has 0 radical (unpaired) electrons. The van der Waals surface area contributed by atoms with E-state index in [0.29, 0.717) is 11.7 Å². The second-order valence-corrected chi connectivity index (χ2v) is 3.31. The lowest BCUT2D eigenvalue weighted by atomic mass is 10.1. The number of hydrogen-bond donors (Lipinski definition) is 0. The van der Waals surface area contributed by atoms with E-state index < -0.39 is 0 Å². The van der Waals surface area contributed by atoms with Crippen molar-refractivity contribution < 1.29 is 4.79 Å². The van der Waals surface area contributed by atoms with Gasteiger partial charge < -0.3 is 0 Å². The summed E-state index contributed by atoms with van der Waals surface area (Å²) >= 11 is 0. The minimum Gasteiger partial charge on any atom is -0.299 e. The van der Waals surface area contributed by atoms with Crippen LogP contribution < -0.4 is 0 Å². The van der Waals surface area contributed by atoms with Crippen LogP contribution in [0.5, 0.6) is 0 Å². The summed E-state index contributed by atoms with van der Waals surface area (Å²) in [6.45, 7) is 2.07. The molecule has 0 saturated heterocycles. The first-order valence-corrected chi connectivity index (χ1v) is 4.43. The van der Waals surface area contributed by atoms with Gasteiger partial charge in [-0.05, 0) is 12.0 Å². The molecule has 62 valence electrons. The Balaban J connectivity index is 2.19. The standard InChI is InChI=1S/C11H12O/c1-2-9-10(11(9)12)8-6-4-3-5-7-8/h3-7,9-10H,2H2,1H3. The number of hydrogen-bond acceptors (Lipinski definition) is 1. The van der Waals surface area contributed by atoms with Crippen LogP contribution in [0.25, 0.3) is 0 Å². The van der Waals surface area contributed by atoms with E-state index in [2.05, 4.69) is 6.92 Å². The van der Waals surface area contributed by atoms with Crippen molar-refractivity contribution in [3.8, 4) is 0 Å². The van der Waals surface area contributed by atoms with Gasteiger partial charge in [0, 0.05) is 5.92 Å². The molecule has 2 rings (SSSR count). The molecule has 0 aromatic heterocycles. The van der Waals surface area contributed by atoms with Crippen LogP contribution in [0.1, 0.15) is 24.8 Å². The quantitative estimate of drug-likeness (QED) is 0.649. The Morgan fingerprint density at radius 3 is 2.42 bits per heavy atom. The summed E-state index contributed by atoms with van der Waals surface area (Å²) < 4.78 is 0. The maximum Gasteiger partial charge on any atom is 0.145 e. The SMILES string of the molecule is CCC1C(=O)C1c1ccccc1. The van der Waals surface area contributed by atoms with Crippen molar-refractivity contribution in [1.29, 1.82) is 0 Å². The number of ketones is 1. The molecule has 0 amide bonds. The third-order valence-corrected chi connectivity index (χ3v) is 2.56. The van der Waals surface area contributed by atoms with Crippen LogP contribution in [0.2, 0.25) is 0 Å². The van der Waals surface area contributed by atoms with Gasteiger partial charge in [-0.15, -0.1) is 0 Å². The van der Waals surface area contributed by atoms with Crippen LogP contribution in [0.3, 0.4) is 0 Å². The van der Waals surface area contributed by atoms with Crippen LogP contribution >= 0.6 is 0 Å². The van der Waals surface area contributed by atoms with Crippen molar-refractivity contribution >= 4 is 5.78 Å². The van der Waals surface area contributed by atoms with E-state index in [1.807, 2.05) is 30.3 Å². The number of carbonyl (C=O) groups is 1. The minimum atomic E-state index is 0.219. The van der Waals surface area contributed by atoms with E-state index in [0.717, 1.165) is 6.42 Å². The van der Waals surface area contributed by atoms with Gasteiger partial charge in [0.25, 0.3) is 0 Å². The molecule has 0 bridgehead atoms. The zero-order valence-corrected chi connectivity index (χ0v) is 7.16. The van der Waals surface area contributed by atoms with Gasteiger partial charge in [0.15, 0.2) is 0 Å². The molecule has 0 aliphatic heterocycles. The van der Waals surface area contributed by atoms with Crippen LogP contribution in [-0.2, 0) is 4.79 Å². The van der Waals surface area contributed by atoms with E-state index >= 15 is 0 Å². The van der Waals surface area contributed by atoms with Crippen molar-refractivity contribution in [1.82, 2.24) is 0 Å². The van der Waals surface area contributed by atoms with Gasteiger partial charge in [-0.2, -0.15) is 0 Å². The van der Waals surface area contributed by atoms with Gasteiger partial charge in [0.05, 0.1) is 5.92 Å². The third kappa shape index (κ3) is 1.06. The van der Waals surface area contributed by atoms with E-state index in [-0.39, 0.29) is 5.92 Å². The highest BCUT2D eigenvalue weighted by atomic mass is 16.1. The van der Waals surface area contributed by atoms with Crippen LogP contribution in [-0.4, -0.2) is 5.78 Å². The van der Waals surface area contributed by atoms with Crippen molar-refractivity contribution in [2.24, 2.45) is 5.92 Å². The average molecular weight is 160 g/mol. The normalized spacial score (nSPS) is 27.2. The summed E-state index contributed by atoms with van der Waals surface area (Å²) in [6, 6.07) is 10.1. The second kappa shape index (κ2) is 2.74. The minimum absolute atomic E-state index is 0.219. The Kier molecular flexibility index (Phi) is 1.72. The van der Waals surface area contributed by atoms with Crippen molar-refractivity contribution in [2.45, 2.75) is 19.3 Å². The Morgan fingerprint density at radius 1 is 1.25 bits per heavy atom. The molecule has 12 heavy (non-hydrogen) atoms. The summed E-state index contributed by atoms with van der Waals surface area (Å²) in [6.07, 6.45) is 0.985. The summed E-state index contributed by atoms with van der Waals surface area (Å²) in [5, 5.41) is 0. The molecule has 0 N–H and O–H groups in total. The fraction of sp³-hybridized carbons (Fsp3) is 0.364. The van der Waals surface area contributed by atoms with E-state index in [4.69, 9.17) is 0 Å². The van der Waals surface area contributed by atoms with Crippen LogP contribution in [0.4, 0.5) is 0 Å². The molecule has 2 unspecified atom stereocenters. The monoisotopic (exact) mass is 160 g/mol. The molecule has 1 fully saturated rings. The molecule has 2 atom stereocenters. The second-order valence-electron chi connectivity index (χ2n) is 3.31. The number of Topliss-reactive ketones (excluding diaryl/α,β-unsaturated/α-hetero) is 1. The lowest BCUT2D eigenvalue weighted by molar-refractivity contribution is -0.111. The van der Waals surface area contributed by atoms with Crippen LogP contribution in [0, 0.1) is 5.92 Å². The Bertz CT molecular complexity index is 289. The zero-order chi connectivity index (χ0) is 8.55. The van der Waals surface area contributed by atoms with E-state index in [1.54, 1.807) is 0 Å². The molecule has 1 aromatic rings. The molecular formula is C11H12O. The molecule has 1 saturated carbocycles. The molecule has 1 aliphatic carbocycles. The van der Waals surface area contributed by atoms with E-state index in [1.165, 1.54) is 5.56 Å². The molecule has 0 heterocycles. The zero-order valence-electron chi connectivity index (χ0n) is 7.16. The predicted molar refractivity (Wildman–Crippen MR) is 48.0 cm³/mol. The Hall–Kier alpha value is -1.11. The molecule has 1 aliphatic rings. The largest absolute Gasteiger partial charge is 0.299 e. The fourth-order valence-electron chi connectivity index (χ4n) is 1.79. The van der Waals surface area contributed by atoms with Crippen LogP contribution in [0.15, 0.2) is 30.3 Å². The summed E-state index contributed by atoms with van der Waals surface area (Å²) in [5.74, 6) is 0.951. The number of carbonyl (C=O) groups excluding carboxylic acids is 1. The third-order valence-electron chi connectivity index (χ3n) is 2.56. The smallest absolute Gasteiger partial charge is 0.145 e. The molecule has 1 heteroatoms. The lowest BCUT2D eigenvalue weighted by Crippen LogP contribution is -1.80. The maximum atomic E-state index is 11.2. The lowest BCUT2D eigenvalue weighted by Gasteiger charge is -1.94. The molecule has 1 aromatic carbocycles.